The van der Waals surface area contributed by atoms with Gasteiger partial charge in [0, 0.05) is 29.9 Å². The fourth-order valence-electron chi connectivity index (χ4n) is 2.37. The second-order valence-electron chi connectivity index (χ2n) is 4.65. The first-order chi connectivity index (χ1) is 7.97. The highest BCUT2D eigenvalue weighted by Crippen LogP contribution is 2.25. The van der Waals surface area contributed by atoms with Crippen LogP contribution in [0.2, 0.25) is 0 Å². The van der Waals surface area contributed by atoms with Crippen LogP contribution < -0.4 is 5.32 Å². The molecule has 0 bridgehead atoms. The Balaban J connectivity index is 1.95. The van der Waals surface area contributed by atoms with Gasteiger partial charge in [-0.1, -0.05) is 6.42 Å². The van der Waals surface area contributed by atoms with Crippen molar-refractivity contribution < 1.29 is 8.42 Å². The van der Waals surface area contributed by atoms with E-state index in [2.05, 4.69) is 10.3 Å². The minimum absolute atomic E-state index is 0.0919. The lowest BCUT2D eigenvalue weighted by Gasteiger charge is -2.18. The van der Waals surface area contributed by atoms with Gasteiger partial charge in [0.2, 0.25) is 0 Å². The number of sulfone groups is 1. The summed E-state index contributed by atoms with van der Waals surface area (Å²) in [5.74, 6) is 0. The van der Waals surface area contributed by atoms with E-state index in [1.807, 2.05) is 13.1 Å². The van der Waals surface area contributed by atoms with Crippen molar-refractivity contribution in [1.82, 2.24) is 10.3 Å². The van der Waals surface area contributed by atoms with Crippen molar-refractivity contribution in [3.63, 3.8) is 0 Å². The molecule has 1 aromatic rings. The summed E-state index contributed by atoms with van der Waals surface area (Å²) < 4.78 is 23.2. The summed E-state index contributed by atoms with van der Waals surface area (Å²) in [6, 6.07) is 0.0919. The van der Waals surface area contributed by atoms with Gasteiger partial charge in [0.1, 0.15) is 5.01 Å². The molecule has 0 aromatic carbocycles. The van der Waals surface area contributed by atoms with Gasteiger partial charge in [-0.2, -0.15) is 0 Å². The monoisotopic (exact) mass is 274 g/mol. The number of hydrogen-bond acceptors (Lipinski definition) is 5. The summed E-state index contributed by atoms with van der Waals surface area (Å²) in [6.07, 6.45) is 5.91. The molecule has 2 atom stereocenters. The van der Waals surface area contributed by atoms with Crippen LogP contribution in [0.5, 0.6) is 0 Å². The number of rotatable bonds is 4. The Hall–Kier alpha value is -0.460. The third kappa shape index (κ3) is 3.26. The minimum Gasteiger partial charge on any atom is -0.306 e. The van der Waals surface area contributed by atoms with E-state index in [0.29, 0.717) is 6.54 Å². The summed E-state index contributed by atoms with van der Waals surface area (Å²) in [7, 11) is -2.93. The second kappa shape index (κ2) is 5.04. The maximum absolute atomic E-state index is 11.6. The smallest absolute Gasteiger partial charge is 0.151 e. The first-order valence-corrected chi connectivity index (χ1v) is 8.57. The van der Waals surface area contributed by atoms with Crippen LogP contribution in [0.3, 0.4) is 0 Å². The van der Waals surface area contributed by atoms with Gasteiger partial charge >= 0.3 is 0 Å². The van der Waals surface area contributed by atoms with Crippen molar-refractivity contribution in [2.75, 3.05) is 6.26 Å². The predicted molar refractivity (Wildman–Crippen MR) is 70.0 cm³/mol. The van der Waals surface area contributed by atoms with Gasteiger partial charge in [0.15, 0.2) is 9.84 Å². The van der Waals surface area contributed by atoms with E-state index in [4.69, 9.17) is 0 Å². The quantitative estimate of drug-likeness (QED) is 0.904. The molecule has 0 radical (unpaired) electrons. The van der Waals surface area contributed by atoms with Crippen LogP contribution in [0, 0.1) is 6.92 Å². The lowest BCUT2D eigenvalue weighted by molar-refractivity contribution is 0.506. The molecular formula is C11H18N2O2S2. The van der Waals surface area contributed by atoms with Crippen LogP contribution in [0.1, 0.15) is 29.1 Å². The summed E-state index contributed by atoms with van der Waals surface area (Å²) >= 11 is 1.66. The number of thiazole rings is 1. The third-order valence-corrected chi connectivity index (χ3v) is 5.76. The Morgan fingerprint density at radius 1 is 1.53 bits per heavy atom. The summed E-state index contributed by atoms with van der Waals surface area (Å²) in [6.45, 7) is 2.70. The molecule has 2 rings (SSSR count). The van der Waals surface area contributed by atoms with Gasteiger partial charge in [-0.3, -0.25) is 0 Å². The zero-order valence-electron chi connectivity index (χ0n) is 10.1. The minimum atomic E-state index is -2.93. The van der Waals surface area contributed by atoms with E-state index < -0.39 is 9.84 Å². The molecule has 96 valence electrons. The highest BCUT2D eigenvalue weighted by Gasteiger charge is 2.34. The summed E-state index contributed by atoms with van der Waals surface area (Å²) in [4.78, 5) is 5.46. The standard InChI is InChI=1S/C11H18N2O2S2/c1-8-6-13-11(16-8)7-12-9-4-3-5-10(9)17(2,14)15/h6,9-10,12H,3-5,7H2,1-2H3. The molecule has 0 aliphatic heterocycles. The van der Waals surface area contributed by atoms with Crippen molar-refractivity contribution in [2.45, 2.75) is 44.0 Å². The predicted octanol–water partition coefficient (Wildman–Crippen LogP) is 1.51. The molecule has 2 unspecified atom stereocenters. The molecule has 0 spiro atoms. The Kier molecular flexibility index (Phi) is 3.85. The van der Waals surface area contributed by atoms with E-state index >= 15 is 0 Å². The molecule has 6 heteroatoms. The van der Waals surface area contributed by atoms with Crippen LogP contribution in [0.25, 0.3) is 0 Å². The van der Waals surface area contributed by atoms with Gasteiger partial charge in [-0.05, 0) is 19.8 Å². The van der Waals surface area contributed by atoms with Crippen LogP contribution in [-0.2, 0) is 16.4 Å². The highest BCUT2D eigenvalue weighted by atomic mass is 32.2. The second-order valence-corrected chi connectivity index (χ2v) is 8.23. The molecule has 1 saturated carbocycles. The van der Waals surface area contributed by atoms with Crippen LogP contribution in [0.4, 0.5) is 0 Å². The lowest BCUT2D eigenvalue weighted by Crippen LogP contribution is -2.39. The molecule has 1 heterocycles. The molecule has 0 saturated heterocycles. The molecule has 4 nitrogen and oxygen atoms in total. The molecule has 17 heavy (non-hydrogen) atoms. The maximum Gasteiger partial charge on any atom is 0.151 e. The zero-order valence-corrected chi connectivity index (χ0v) is 11.8. The molecular weight excluding hydrogens is 256 g/mol. The molecule has 1 N–H and O–H groups in total. The molecule has 1 aromatic heterocycles. The van der Waals surface area contributed by atoms with E-state index in [0.717, 1.165) is 24.3 Å². The molecule has 1 aliphatic rings. The SMILES string of the molecule is Cc1cnc(CNC2CCCC2S(C)(=O)=O)s1. The Labute approximate surface area is 106 Å². The normalized spacial score (nSPS) is 25.3. The third-order valence-electron chi connectivity index (χ3n) is 3.19. The van der Waals surface area contributed by atoms with Gasteiger partial charge in [-0.15, -0.1) is 11.3 Å². The van der Waals surface area contributed by atoms with Crippen molar-refractivity contribution in [1.29, 1.82) is 0 Å². The van der Waals surface area contributed by atoms with E-state index in [1.165, 1.54) is 11.1 Å². The van der Waals surface area contributed by atoms with E-state index in [1.54, 1.807) is 11.3 Å². The number of hydrogen-bond donors (Lipinski definition) is 1. The van der Waals surface area contributed by atoms with Crippen LogP contribution >= 0.6 is 11.3 Å². The Bertz CT molecular complexity index is 481. The Morgan fingerprint density at radius 3 is 2.88 bits per heavy atom. The number of aromatic nitrogens is 1. The zero-order chi connectivity index (χ0) is 12.5. The fourth-order valence-corrected chi connectivity index (χ4v) is 4.54. The topological polar surface area (TPSA) is 59.1 Å². The van der Waals surface area contributed by atoms with Crippen LogP contribution in [0.15, 0.2) is 6.20 Å². The first-order valence-electron chi connectivity index (χ1n) is 5.80. The van der Waals surface area contributed by atoms with Crippen molar-refractivity contribution in [2.24, 2.45) is 0 Å². The number of aryl methyl sites for hydroxylation is 1. The van der Waals surface area contributed by atoms with E-state index in [-0.39, 0.29) is 11.3 Å². The van der Waals surface area contributed by atoms with Gasteiger partial charge < -0.3 is 5.32 Å². The van der Waals surface area contributed by atoms with Crippen LogP contribution in [-0.4, -0.2) is 30.9 Å². The van der Waals surface area contributed by atoms with Gasteiger partial charge in [0.25, 0.3) is 0 Å². The molecule has 1 aliphatic carbocycles. The molecule has 0 amide bonds. The van der Waals surface area contributed by atoms with Crippen molar-refractivity contribution in [3.8, 4) is 0 Å². The van der Waals surface area contributed by atoms with Gasteiger partial charge in [-0.25, -0.2) is 13.4 Å². The van der Waals surface area contributed by atoms with E-state index in [9.17, 15) is 8.42 Å². The first kappa shape index (κ1) is 13.0. The largest absolute Gasteiger partial charge is 0.306 e. The number of nitrogens with one attached hydrogen (secondary N) is 1. The average Bonchev–Trinajstić information content (AvgIpc) is 2.81. The lowest BCUT2D eigenvalue weighted by atomic mass is 10.2. The van der Waals surface area contributed by atoms with Crippen molar-refractivity contribution in [3.05, 3.63) is 16.1 Å². The maximum atomic E-state index is 11.6. The number of nitrogens with zero attached hydrogens (tertiary/aromatic N) is 1. The summed E-state index contributed by atoms with van der Waals surface area (Å²) in [5.41, 5.74) is 0. The van der Waals surface area contributed by atoms with Crippen molar-refractivity contribution >= 4 is 21.2 Å². The highest BCUT2D eigenvalue weighted by molar-refractivity contribution is 7.91. The average molecular weight is 274 g/mol. The van der Waals surface area contributed by atoms with Gasteiger partial charge in [0.05, 0.1) is 5.25 Å². The fraction of sp³-hybridized carbons (Fsp3) is 0.727. The summed E-state index contributed by atoms with van der Waals surface area (Å²) in [5, 5.41) is 4.15. The molecule has 1 fully saturated rings. The Morgan fingerprint density at radius 2 is 2.29 bits per heavy atom.